The molecule has 1 aliphatic heterocycles. The molecule has 2 aliphatic rings. The van der Waals surface area contributed by atoms with Gasteiger partial charge in [0, 0.05) is 25.0 Å². The van der Waals surface area contributed by atoms with Crippen LogP contribution in [0.4, 0.5) is 4.39 Å². The van der Waals surface area contributed by atoms with E-state index in [1.54, 1.807) is 12.1 Å². The van der Waals surface area contributed by atoms with Crippen molar-refractivity contribution < 1.29 is 13.9 Å². The first-order chi connectivity index (χ1) is 13.1. The van der Waals surface area contributed by atoms with Gasteiger partial charge in [0.15, 0.2) is 0 Å². The van der Waals surface area contributed by atoms with Gasteiger partial charge in [0.05, 0.1) is 19.3 Å². The van der Waals surface area contributed by atoms with Crippen molar-refractivity contribution in [1.29, 1.82) is 0 Å². The predicted octanol–water partition coefficient (Wildman–Crippen LogP) is 3.05. The second-order valence-corrected chi connectivity index (χ2v) is 7.57. The summed E-state index contributed by atoms with van der Waals surface area (Å²) in [4.78, 5) is 14.6. The van der Waals surface area contributed by atoms with E-state index < -0.39 is 0 Å². The normalized spacial score (nSPS) is 21.6. The van der Waals surface area contributed by atoms with E-state index in [9.17, 15) is 9.18 Å². The van der Waals surface area contributed by atoms with Crippen molar-refractivity contribution in [2.45, 2.75) is 24.4 Å². The molecule has 1 heterocycles. The quantitative estimate of drug-likeness (QED) is 0.852. The second-order valence-electron chi connectivity index (χ2n) is 7.57. The van der Waals surface area contributed by atoms with Crippen LogP contribution in [-0.4, -0.2) is 43.6 Å². The molecule has 1 unspecified atom stereocenters. The summed E-state index contributed by atoms with van der Waals surface area (Å²) >= 11 is 0. The molecule has 142 valence electrons. The fraction of sp³-hybridized carbons (Fsp3) is 0.409. The average Bonchev–Trinajstić information content (AvgIpc) is 3.49. The molecule has 0 spiro atoms. The van der Waals surface area contributed by atoms with Gasteiger partial charge in [0.25, 0.3) is 0 Å². The smallest absolute Gasteiger partial charge is 0.234 e. The van der Waals surface area contributed by atoms with Crippen LogP contribution >= 0.6 is 0 Å². The molecular weight excluding hydrogens is 343 g/mol. The molecule has 1 aliphatic carbocycles. The van der Waals surface area contributed by atoms with Crippen LogP contribution in [0.15, 0.2) is 54.6 Å². The lowest BCUT2D eigenvalue weighted by Gasteiger charge is -2.32. The zero-order valence-corrected chi connectivity index (χ0v) is 15.4. The molecule has 27 heavy (non-hydrogen) atoms. The maximum Gasteiger partial charge on any atom is 0.234 e. The van der Waals surface area contributed by atoms with Gasteiger partial charge >= 0.3 is 0 Å². The Kier molecular flexibility index (Phi) is 5.23. The van der Waals surface area contributed by atoms with Crippen molar-refractivity contribution in [2.75, 3.05) is 32.8 Å². The maximum absolute atomic E-state index is 13.1. The Morgan fingerprint density at radius 1 is 1.15 bits per heavy atom. The van der Waals surface area contributed by atoms with Gasteiger partial charge in [-0.1, -0.05) is 42.5 Å². The van der Waals surface area contributed by atoms with E-state index in [1.165, 1.54) is 17.7 Å². The van der Waals surface area contributed by atoms with Gasteiger partial charge < -0.3 is 10.1 Å². The van der Waals surface area contributed by atoms with E-state index in [-0.39, 0.29) is 23.2 Å². The summed E-state index contributed by atoms with van der Waals surface area (Å²) in [7, 11) is 0. The van der Waals surface area contributed by atoms with Crippen LogP contribution < -0.4 is 5.32 Å². The molecule has 2 aromatic carbocycles. The fourth-order valence-corrected chi connectivity index (χ4v) is 3.76. The van der Waals surface area contributed by atoms with Gasteiger partial charge in [0.1, 0.15) is 5.82 Å². The Balaban J connectivity index is 1.29. The molecule has 2 aromatic rings. The lowest BCUT2D eigenvalue weighted by Crippen LogP contribution is -2.45. The second kappa shape index (κ2) is 7.79. The Morgan fingerprint density at radius 2 is 1.89 bits per heavy atom. The number of halogens is 1. The third-order valence-corrected chi connectivity index (χ3v) is 5.62. The molecule has 1 atom stereocenters. The molecule has 1 saturated carbocycles. The van der Waals surface area contributed by atoms with Crippen molar-refractivity contribution in [3.05, 3.63) is 71.5 Å². The summed E-state index contributed by atoms with van der Waals surface area (Å²) in [6.45, 7) is 3.01. The van der Waals surface area contributed by atoms with Crippen LogP contribution in [0, 0.1) is 5.82 Å². The minimum Gasteiger partial charge on any atom is -0.371 e. The van der Waals surface area contributed by atoms with Crippen molar-refractivity contribution >= 4 is 5.91 Å². The molecule has 5 heteroatoms. The van der Waals surface area contributed by atoms with Crippen LogP contribution in [0.1, 0.15) is 30.1 Å². The fourth-order valence-electron chi connectivity index (χ4n) is 3.76. The minimum absolute atomic E-state index is 0.0527. The number of benzene rings is 2. The first-order valence-corrected chi connectivity index (χ1v) is 9.56. The molecule has 4 rings (SSSR count). The molecule has 0 bridgehead atoms. The van der Waals surface area contributed by atoms with E-state index >= 15 is 0 Å². The van der Waals surface area contributed by atoms with E-state index in [1.807, 2.05) is 6.07 Å². The van der Waals surface area contributed by atoms with E-state index in [2.05, 4.69) is 34.5 Å². The molecule has 1 amide bonds. The standard InChI is InChI=1S/C22H25FN2O2/c23-19-8-6-17(7-9-19)20-14-25(12-13-27-20)15-21(26)24-16-22(10-11-22)18-4-2-1-3-5-18/h1-9,20H,10-16H2,(H,24,26). The Bertz CT molecular complexity index is 775. The maximum atomic E-state index is 13.1. The molecule has 2 fully saturated rings. The van der Waals surface area contributed by atoms with E-state index in [0.717, 1.165) is 24.9 Å². The SMILES string of the molecule is O=C(CN1CCOC(c2ccc(F)cc2)C1)NCC1(c2ccccc2)CC1. The lowest BCUT2D eigenvalue weighted by molar-refractivity contribution is -0.124. The van der Waals surface area contributed by atoms with Gasteiger partial charge in [-0.25, -0.2) is 4.39 Å². The highest BCUT2D eigenvalue weighted by Gasteiger charge is 2.44. The van der Waals surface area contributed by atoms with Gasteiger partial charge in [-0.2, -0.15) is 0 Å². The summed E-state index contributed by atoms with van der Waals surface area (Å²) < 4.78 is 18.9. The van der Waals surface area contributed by atoms with Crippen molar-refractivity contribution in [3.8, 4) is 0 Å². The largest absolute Gasteiger partial charge is 0.371 e. The number of hydrogen-bond acceptors (Lipinski definition) is 3. The number of nitrogens with one attached hydrogen (secondary N) is 1. The zero-order chi connectivity index (χ0) is 18.7. The number of ether oxygens (including phenoxy) is 1. The minimum atomic E-state index is -0.252. The van der Waals surface area contributed by atoms with Crippen LogP contribution in [0.2, 0.25) is 0 Å². The Morgan fingerprint density at radius 3 is 2.59 bits per heavy atom. The Hall–Kier alpha value is -2.24. The summed E-state index contributed by atoms with van der Waals surface area (Å²) in [5, 5.41) is 3.12. The monoisotopic (exact) mass is 368 g/mol. The topological polar surface area (TPSA) is 41.6 Å². The lowest BCUT2D eigenvalue weighted by atomic mass is 9.96. The average molecular weight is 368 g/mol. The van der Waals surface area contributed by atoms with Gasteiger partial charge in [-0.3, -0.25) is 9.69 Å². The molecule has 4 nitrogen and oxygen atoms in total. The van der Waals surface area contributed by atoms with E-state index in [4.69, 9.17) is 4.74 Å². The van der Waals surface area contributed by atoms with Gasteiger partial charge in [-0.15, -0.1) is 0 Å². The molecule has 1 saturated heterocycles. The molecular formula is C22H25FN2O2. The van der Waals surface area contributed by atoms with Crippen LogP contribution in [0.5, 0.6) is 0 Å². The first-order valence-electron chi connectivity index (χ1n) is 9.56. The highest BCUT2D eigenvalue weighted by Crippen LogP contribution is 2.47. The van der Waals surface area contributed by atoms with Gasteiger partial charge in [-0.05, 0) is 36.1 Å². The number of morpholine rings is 1. The van der Waals surface area contributed by atoms with E-state index in [0.29, 0.717) is 26.2 Å². The highest BCUT2D eigenvalue weighted by molar-refractivity contribution is 5.78. The number of hydrogen-bond donors (Lipinski definition) is 1. The van der Waals surface area contributed by atoms with Crippen molar-refractivity contribution in [1.82, 2.24) is 10.2 Å². The zero-order valence-electron chi connectivity index (χ0n) is 15.4. The summed E-state index contributed by atoms with van der Waals surface area (Å²) in [5.41, 5.74) is 2.38. The number of rotatable bonds is 6. The summed E-state index contributed by atoms with van der Waals surface area (Å²) in [6, 6.07) is 16.8. The van der Waals surface area contributed by atoms with Crippen LogP contribution in [-0.2, 0) is 14.9 Å². The molecule has 0 radical (unpaired) electrons. The highest BCUT2D eigenvalue weighted by atomic mass is 19.1. The third-order valence-electron chi connectivity index (χ3n) is 5.62. The first kappa shape index (κ1) is 18.1. The van der Waals surface area contributed by atoms with Crippen LogP contribution in [0.25, 0.3) is 0 Å². The number of carbonyl (C=O) groups excluding carboxylic acids is 1. The third kappa shape index (κ3) is 4.37. The summed E-state index contributed by atoms with van der Waals surface area (Å²) in [5.74, 6) is -0.199. The Labute approximate surface area is 159 Å². The van der Waals surface area contributed by atoms with Crippen LogP contribution in [0.3, 0.4) is 0 Å². The summed E-state index contributed by atoms with van der Waals surface area (Å²) in [6.07, 6.45) is 2.13. The number of nitrogens with zero attached hydrogens (tertiary/aromatic N) is 1. The predicted molar refractivity (Wildman–Crippen MR) is 102 cm³/mol. The molecule has 0 aromatic heterocycles. The number of carbonyl (C=O) groups is 1. The van der Waals surface area contributed by atoms with Crippen molar-refractivity contribution in [2.24, 2.45) is 0 Å². The van der Waals surface area contributed by atoms with Crippen molar-refractivity contribution in [3.63, 3.8) is 0 Å². The molecule has 1 N–H and O–H groups in total. The number of amides is 1. The van der Waals surface area contributed by atoms with Gasteiger partial charge in [0.2, 0.25) is 5.91 Å².